The number of hydrogen-bond acceptors (Lipinski definition) is 3. The zero-order valence-electron chi connectivity index (χ0n) is 16.2. The lowest BCUT2D eigenvalue weighted by Gasteiger charge is -2.33. The van der Waals surface area contributed by atoms with E-state index in [1.807, 2.05) is 60.3 Å². The predicted octanol–water partition coefficient (Wildman–Crippen LogP) is 3.84. The molecule has 0 aromatic heterocycles. The summed E-state index contributed by atoms with van der Waals surface area (Å²) in [4.78, 5) is 25.7. The predicted molar refractivity (Wildman–Crippen MR) is 94.8 cm³/mol. The smallest absolute Gasteiger partial charge is 0.219 e. The van der Waals surface area contributed by atoms with Crippen LogP contribution in [0.1, 0.15) is 69.2 Å². The van der Waals surface area contributed by atoms with E-state index < -0.39 is 0 Å². The van der Waals surface area contributed by atoms with Crippen LogP contribution in [-0.4, -0.2) is 54.2 Å². The molecule has 1 aliphatic rings. The van der Waals surface area contributed by atoms with E-state index in [1.165, 1.54) is 0 Å². The van der Waals surface area contributed by atoms with Crippen LogP contribution in [0.4, 0.5) is 0 Å². The van der Waals surface area contributed by atoms with Gasteiger partial charge >= 0.3 is 0 Å². The first-order valence-corrected chi connectivity index (χ1v) is 8.57. The number of carbonyl (C=O) groups is 2. The van der Waals surface area contributed by atoms with Crippen molar-refractivity contribution in [3.63, 3.8) is 0 Å². The summed E-state index contributed by atoms with van der Waals surface area (Å²) >= 11 is 0. The van der Waals surface area contributed by atoms with Gasteiger partial charge in [0.1, 0.15) is 5.78 Å². The molecule has 0 aromatic carbocycles. The molecule has 4 heteroatoms. The van der Waals surface area contributed by atoms with Crippen molar-refractivity contribution in [2.75, 3.05) is 32.7 Å². The zero-order chi connectivity index (χ0) is 17.8. The fourth-order valence-electron chi connectivity index (χ4n) is 1.54. The quantitative estimate of drug-likeness (QED) is 0.778. The third kappa shape index (κ3) is 19.1. The van der Waals surface area contributed by atoms with Crippen LogP contribution in [0.3, 0.4) is 0 Å². The summed E-state index contributed by atoms with van der Waals surface area (Å²) in [6.45, 7) is 22.8. The molecule has 1 aliphatic heterocycles. The van der Waals surface area contributed by atoms with Gasteiger partial charge in [-0.2, -0.15) is 0 Å². The van der Waals surface area contributed by atoms with E-state index in [0.29, 0.717) is 6.54 Å². The minimum atomic E-state index is 0.127. The molecule has 0 spiro atoms. The van der Waals surface area contributed by atoms with Crippen molar-refractivity contribution in [1.82, 2.24) is 9.80 Å². The summed E-state index contributed by atoms with van der Waals surface area (Å²) in [6.07, 6.45) is 0. The number of carbonyl (C=O) groups excluding carboxylic acids is 2. The van der Waals surface area contributed by atoms with E-state index >= 15 is 0 Å². The van der Waals surface area contributed by atoms with Crippen LogP contribution in [0.5, 0.6) is 0 Å². The Morgan fingerprint density at radius 3 is 1.29 bits per heavy atom. The van der Waals surface area contributed by atoms with Gasteiger partial charge in [-0.1, -0.05) is 55.4 Å². The van der Waals surface area contributed by atoms with Gasteiger partial charge in [-0.3, -0.25) is 14.5 Å². The molecule has 1 fully saturated rings. The van der Waals surface area contributed by atoms with Gasteiger partial charge in [0.25, 0.3) is 0 Å². The molecule has 1 saturated heterocycles. The molecule has 1 amide bonds. The number of piperazine rings is 1. The minimum Gasteiger partial charge on any atom is -0.340 e. The van der Waals surface area contributed by atoms with Crippen LogP contribution >= 0.6 is 0 Å². The van der Waals surface area contributed by atoms with Crippen LogP contribution in [0.2, 0.25) is 0 Å². The molecule has 0 bridgehead atoms. The molecule has 0 N–H and O–H groups in total. The van der Waals surface area contributed by atoms with Crippen molar-refractivity contribution in [3.05, 3.63) is 0 Å². The molecule has 130 valence electrons. The van der Waals surface area contributed by atoms with Crippen molar-refractivity contribution >= 4 is 11.7 Å². The molecule has 1 heterocycles. The molecule has 4 nitrogen and oxygen atoms in total. The van der Waals surface area contributed by atoms with Crippen LogP contribution in [0, 0.1) is 0 Å². The maximum atomic E-state index is 11.0. The van der Waals surface area contributed by atoms with E-state index in [0.717, 1.165) is 26.2 Å². The summed E-state index contributed by atoms with van der Waals surface area (Å²) in [5.74, 6) is 0.318. The van der Waals surface area contributed by atoms with E-state index in [-0.39, 0.29) is 11.7 Å². The maximum Gasteiger partial charge on any atom is 0.219 e. The highest BCUT2D eigenvalue weighted by atomic mass is 16.2. The van der Waals surface area contributed by atoms with Crippen LogP contribution < -0.4 is 0 Å². The molecular weight excluding hydrogens is 264 g/mol. The Labute approximate surface area is 133 Å². The lowest BCUT2D eigenvalue weighted by atomic mass is 10.3. The summed E-state index contributed by atoms with van der Waals surface area (Å²) in [5.41, 5.74) is 0. The maximum absolute atomic E-state index is 11.0. The largest absolute Gasteiger partial charge is 0.340 e. The van der Waals surface area contributed by atoms with Crippen LogP contribution in [0.15, 0.2) is 0 Å². The molecule has 0 saturated carbocycles. The van der Waals surface area contributed by atoms with Crippen molar-refractivity contribution in [2.45, 2.75) is 69.2 Å². The molecule has 0 aliphatic carbocycles. The molecule has 0 atom stereocenters. The van der Waals surface area contributed by atoms with Crippen molar-refractivity contribution in [1.29, 1.82) is 0 Å². The lowest BCUT2D eigenvalue weighted by Crippen LogP contribution is -2.49. The third-order valence-electron chi connectivity index (χ3n) is 2.26. The van der Waals surface area contributed by atoms with E-state index in [9.17, 15) is 9.59 Å². The number of hydrogen-bond donors (Lipinski definition) is 0. The highest BCUT2D eigenvalue weighted by Gasteiger charge is 2.18. The van der Waals surface area contributed by atoms with Crippen molar-refractivity contribution < 1.29 is 9.59 Å². The van der Waals surface area contributed by atoms with Crippen molar-refractivity contribution in [2.24, 2.45) is 0 Å². The Morgan fingerprint density at radius 1 is 0.714 bits per heavy atom. The summed E-state index contributed by atoms with van der Waals surface area (Å²) in [7, 11) is 0. The average Bonchev–Trinajstić information content (AvgIpc) is 2.55. The summed E-state index contributed by atoms with van der Waals surface area (Å²) in [5, 5.41) is 0. The molecule has 21 heavy (non-hydrogen) atoms. The zero-order valence-corrected chi connectivity index (χ0v) is 16.2. The molecule has 0 unspecified atom stereocenters. The number of Topliss-reactive ketones (excluding diaryl/α,β-unsaturated/α-hetero) is 1. The van der Waals surface area contributed by atoms with E-state index in [1.54, 1.807) is 13.8 Å². The van der Waals surface area contributed by atoms with Gasteiger partial charge < -0.3 is 4.90 Å². The fourth-order valence-corrected chi connectivity index (χ4v) is 1.54. The standard InChI is InChI=1S/C9H16N2O2.4C2H6/c1-8(12)7-10-3-5-11(6-4-10)9(2)13;4*1-2/h3-7H2,1-2H3;4*1-2H3. The Hall–Kier alpha value is -0.900. The Balaban J connectivity index is -0.000000156. The average molecular weight is 305 g/mol. The van der Waals surface area contributed by atoms with Gasteiger partial charge in [0.2, 0.25) is 5.91 Å². The van der Waals surface area contributed by atoms with Gasteiger partial charge in [-0.25, -0.2) is 0 Å². The monoisotopic (exact) mass is 304 g/mol. The van der Waals surface area contributed by atoms with Gasteiger partial charge in [0, 0.05) is 33.1 Å². The lowest BCUT2D eigenvalue weighted by molar-refractivity contribution is -0.130. The van der Waals surface area contributed by atoms with Gasteiger partial charge in [0.05, 0.1) is 6.54 Å². The van der Waals surface area contributed by atoms with Gasteiger partial charge in [-0.05, 0) is 6.92 Å². The summed E-state index contributed by atoms with van der Waals surface area (Å²) in [6, 6.07) is 0. The van der Waals surface area contributed by atoms with Crippen LogP contribution in [0.25, 0.3) is 0 Å². The first-order valence-electron chi connectivity index (χ1n) is 8.57. The highest BCUT2D eigenvalue weighted by molar-refractivity contribution is 5.77. The molecule has 0 radical (unpaired) electrons. The normalized spacial score (nSPS) is 12.8. The second-order valence-corrected chi connectivity index (χ2v) is 3.48. The minimum absolute atomic E-state index is 0.127. The molecular formula is C17H40N2O2. The molecule has 1 rings (SSSR count). The highest BCUT2D eigenvalue weighted by Crippen LogP contribution is 2.01. The van der Waals surface area contributed by atoms with Crippen molar-refractivity contribution in [3.8, 4) is 0 Å². The Kier molecular flexibility index (Phi) is 32.5. The third-order valence-corrected chi connectivity index (χ3v) is 2.26. The fraction of sp³-hybridized carbons (Fsp3) is 0.882. The second kappa shape index (κ2) is 24.1. The Bertz CT molecular complexity index is 211. The number of nitrogens with zero attached hydrogens (tertiary/aromatic N) is 2. The first kappa shape index (κ1) is 28.3. The first-order chi connectivity index (χ1) is 10.1. The Morgan fingerprint density at radius 2 is 1.05 bits per heavy atom. The van der Waals surface area contributed by atoms with Crippen LogP contribution in [-0.2, 0) is 9.59 Å². The number of ketones is 1. The second-order valence-electron chi connectivity index (χ2n) is 3.48. The SMILES string of the molecule is CC.CC.CC.CC.CC(=O)CN1CCN(C(C)=O)CC1. The van der Waals surface area contributed by atoms with Gasteiger partial charge in [0.15, 0.2) is 0 Å². The topological polar surface area (TPSA) is 40.6 Å². The number of rotatable bonds is 2. The van der Waals surface area contributed by atoms with E-state index in [4.69, 9.17) is 0 Å². The molecule has 0 aromatic rings. The number of amides is 1. The van der Waals surface area contributed by atoms with E-state index in [2.05, 4.69) is 4.90 Å². The van der Waals surface area contributed by atoms with Gasteiger partial charge in [-0.15, -0.1) is 0 Å². The summed E-state index contributed by atoms with van der Waals surface area (Å²) < 4.78 is 0.